The number of nitrogens with one attached hydrogen (secondary N) is 1. The molecule has 2 heterocycles. The van der Waals surface area contributed by atoms with E-state index in [0.29, 0.717) is 23.6 Å². The summed E-state index contributed by atoms with van der Waals surface area (Å²) in [5.41, 5.74) is 1.70. The van der Waals surface area contributed by atoms with Gasteiger partial charge in [-0.05, 0) is 30.2 Å². The Bertz CT molecular complexity index is 977. The van der Waals surface area contributed by atoms with E-state index in [-0.39, 0.29) is 10.8 Å². The maximum atomic E-state index is 12.8. The third-order valence-electron chi connectivity index (χ3n) is 3.78. The van der Waals surface area contributed by atoms with Crippen molar-refractivity contribution in [1.29, 1.82) is 0 Å². The Morgan fingerprint density at radius 1 is 1.17 bits per heavy atom. The largest absolute Gasteiger partial charge is 0.276 e. The van der Waals surface area contributed by atoms with Crippen LogP contribution in [0.1, 0.15) is 38.1 Å². The van der Waals surface area contributed by atoms with E-state index < -0.39 is 10.0 Å². The van der Waals surface area contributed by atoms with Crippen LogP contribution in [0, 0.1) is 0 Å². The molecule has 126 valence electrons. The Hall–Kier alpha value is -2.41. The molecule has 1 N–H and O–H groups in total. The quantitative estimate of drug-likeness (QED) is 0.771. The smallest absolute Gasteiger partial charge is 0.262 e. The molecule has 2 aromatic heterocycles. The van der Waals surface area contributed by atoms with Crippen LogP contribution in [0.15, 0.2) is 47.5 Å². The van der Waals surface area contributed by atoms with Gasteiger partial charge in [0.1, 0.15) is 0 Å². The summed E-state index contributed by atoms with van der Waals surface area (Å²) in [5, 5.41) is 4.38. The van der Waals surface area contributed by atoms with Crippen molar-refractivity contribution in [2.24, 2.45) is 0 Å². The Balaban J connectivity index is 2.06. The summed E-state index contributed by atoms with van der Waals surface area (Å²) in [6.45, 7) is 5.93. The van der Waals surface area contributed by atoms with Crippen LogP contribution in [0.5, 0.6) is 0 Å². The fourth-order valence-electron chi connectivity index (χ4n) is 2.50. The van der Waals surface area contributed by atoms with Crippen LogP contribution in [0.25, 0.3) is 5.65 Å². The first kappa shape index (κ1) is 16.4. The number of aryl methyl sites for hydroxylation is 1. The van der Waals surface area contributed by atoms with E-state index in [4.69, 9.17) is 0 Å². The lowest BCUT2D eigenvalue weighted by Gasteiger charge is -2.11. The molecule has 0 radical (unpaired) electrons. The van der Waals surface area contributed by atoms with Crippen LogP contribution in [0.2, 0.25) is 0 Å². The number of hydrogen-bond acceptors (Lipinski definition) is 4. The van der Waals surface area contributed by atoms with Crippen LogP contribution < -0.4 is 4.72 Å². The summed E-state index contributed by atoms with van der Waals surface area (Å²) in [7, 11) is -3.69. The van der Waals surface area contributed by atoms with E-state index in [9.17, 15) is 8.42 Å². The molecule has 6 nitrogen and oxygen atoms in total. The van der Waals surface area contributed by atoms with E-state index in [1.54, 1.807) is 35.0 Å². The van der Waals surface area contributed by atoms with Gasteiger partial charge >= 0.3 is 0 Å². The Kier molecular flexibility index (Phi) is 4.28. The Morgan fingerprint density at radius 2 is 1.92 bits per heavy atom. The van der Waals surface area contributed by atoms with Crippen LogP contribution in [-0.2, 0) is 16.4 Å². The average Bonchev–Trinajstić information content (AvgIpc) is 3.00. The van der Waals surface area contributed by atoms with Gasteiger partial charge in [-0.25, -0.2) is 17.9 Å². The number of anilines is 1. The first-order valence-electron chi connectivity index (χ1n) is 7.88. The van der Waals surface area contributed by atoms with Crippen molar-refractivity contribution in [3.05, 3.63) is 54.0 Å². The molecule has 0 saturated heterocycles. The molecule has 0 aliphatic rings. The minimum Gasteiger partial charge on any atom is -0.276 e. The number of benzene rings is 1. The first-order chi connectivity index (χ1) is 11.4. The molecule has 7 heteroatoms. The maximum absolute atomic E-state index is 12.8. The predicted molar refractivity (Wildman–Crippen MR) is 93.7 cm³/mol. The lowest BCUT2D eigenvalue weighted by molar-refractivity contribution is 0.600. The Labute approximate surface area is 141 Å². The molecule has 0 aliphatic carbocycles. The van der Waals surface area contributed by atoms with Crippen molar-refractivity contribution in [1.82, 2.24) is 14.6 Å². The van der Waals surface area contributed by atoms with Gasteiger partial charge in [-0.15, -0.1) is 0 Å². The van der Waals surface area contributed by atoms with Crippen LogP contribution in [0.4, 0.5) is 5.69 Å². The standard InChI is InChI=1S/C17H20N4O2S/c1-4-13-8-5-6-10-15(13)24(22,23)20-14-9-7-11-21-17(14)18-16(19-21)12(2)3/h5-12,20H,4H2,1-3H3. The second kappa shape index (κ2) is 6.24. The SMILES string of the molecule is CCc1ccccc1S(=O)(=O)Nc1cccn2nc(C(C)C)nc12. The molecule has 0 saturated carbocycles. The van der Waals surface area contributed by atoms with Crippen LogP contribution in [0.3, 0.4) is 0 Å². The van der Waals surface area contributed by atoms with E-state index in [0.717, 1.165) is 5.56 Å². The highest BCUT2D eigenvalue weighted by Crippen LogP contribution is 2.23. The van der Waals surface area contributed by atoms with E-state index in [2.05, 4.69) is 14.8 Å². The summed E-state index contributed by atoms with van der Waals surface area (Å²) in [4.78, 5) is 4.75. The summed E-state index contributed by atoms with van der Waals surface area (Å²) in [6, 6.07) is 10.4. The molecule has 0 fully saturated rings. The molecule has 0 amide bonds. The fourth-order valence-corrected chi connectivity index (χ4v) is 3.88. The van der Waals surface area contributed by atoms with Crippen molar-refractivity contribution in [3.8, 4) is 0 Å². The lowest BCUT2D eigenvalue weighted by atomic mass is 10.2. The minimum atomic E-state index is -3.69. The zero-order valence-electron chi connectivity index (χ0n) is 13.9. The van der Waals surface area contributed by atoms with E-state index in [1.165, 1.54) is 0 Å². The van der Waals surface area contributed by atoms with Crippen molar-refractivity contribution < 1.29 is 8.42 Å². The molecule has 0 aliphatic heterocycles. The van der Waals surface area contributed by atoms with Crippen molar-refractivity contribution in [2.75, 3.05) is 4.72 Å². The van der Waals surface area contributed by atoms with Gasteiger partial charge in [0.2, 0.25) is 0 Å². The number of fused-ring (bicyclic) bond motifs is 1. The van der Waals surface area contributed by atoms with Crippen molar-refractivity contribution >= 4 is 21.4 Å². The number of pyridine rings is 1. The van der Waals surface area contributed by atoms with Gasteiger partial charge in [0.25, 0.3) is 10.0 Å². The molecule has 3 rings (SSSR count). The number of hydrogen-bond donors (Lipinski definition) is 1. The van der Waals surface area contributed by atoms with Gasteiger partial charge in [0.15, 0.2) is 11.5 Å². The molecule has 24 heavy (non-hydrogen) atoms. The second-order valence-corrected chi connectivity index (χ2v) is 7.53. The van der Waals surface area contributed by atoms with Gasteiger partial charge in [0, 0.05) is 12.1 Å². The maximum Gasteiger partial charge on any atom is 0.262 e. The fraction of sp³-hybridized carbons (Fsp3) is 0.294. The summed E-state index contributed by atoms with van der Waals surface area (Å²) in [6.07, 6.45) is 2.40. The zero-order chi connectivity index (χ0) is 17.3. The molecule has 3 aromatic rings. The Morgan fingerprint density at radius 3 is 2.62 bits per heavy atom. The third-order valence-corrected chi connectivity index (χ3v) is 5.25. The van der Waals surface area contributed by atoms with E-state index in [1.807, 2.05) is 32.9 Å². The molecule has 0 bridgehead atoms. The molecule has 1 aromatic carbocycles. The number of sulfonamides is 1. The molecule has 0 spiro atoms. The van der Waals surface area contributed by atoms with Gasteiger partial charge in [-0.1, -0.05) is 39.0 Å². The van der Waals surface area contributed by atoms with Crippen molar-refractivity contribution in [3.63, 3.8) is 0 Å². The lowest BCUT2D eigenvalue weighted by Crippen LogP contribution is -2.15. The minimum absolute atomic E-state index is 0.162. The predicted octanol–water partition coefficient (Wildman–Crippen LogP) is 3.22. The zero-order valence-corrected chi connectivity index (χ0v) is 14.7. The number of nitrogens with zero attached hydrogens (tertiary/aromatic N) is 3. The molecule has 0 unspecified atom stereocenters. The highest BCUT2D eigenvalue weighted by Gasteiger charge is 2.20. The van der Waals surface area contributed by atoms with Crippen molar-refractivity contribution in [2.45, 2.75) is 38.0 Å². The first-order valence-corrected chi connectivity index (χ1v) is 9.36. The van der Waals surface area contributed by atoms with E-state index >= 15 is 0 Å². The second-order valence-electron chi connectivity index (χ2n) is 5.88. The molecule has 0 atom stereocenters. The van der Waals surface area contributed by atoms with Gasteiger partial charge in [-0.2, -0.15) is 5.10 Å². The van der Waals surface area contributed by atoms with Crippen LogP contribution in [-0.4, -0.2) is 23.0 Å². The number of aromatic nitrogens is 3. The average molecular weight is 344 g/mol. The third kappa shape index (κ3) is 2.99. The van der Waals surface area contributed by atoms with Crippen LogP contribution >= 0.6 is 0 Å². The van der Waals surface area contributed by atoms with Gasteiger partial charge < -0.3 is 0 Å². The highest BCUT2D eigenvalue weighted by molar-refractivity contribution is 7.92. The van der Waals surface area contributed by atoms with Gasteiger partial charge in [-0.3, -0.25) is 4.72 Å². The monoisotopic (exact) mass is 344 g/mol. The number of rotatable bonds is 5. The normalized spacial score (nSPS) is 12.0. The summed E-state index contributed by atoms with van der Waals surface area (Å²) < 4.78 is 29.8. The highest BCUT2D eigenvalue weighted by atomic mass is 32.2. The topological polar surface area (TPSA) is 76.4 Å². The summed E-state index contributed by atoms with van der Waals surface area (Å²) in [5.74, 6) is 0.839. The van der Waals surface area contributed by atoms with Gasteiger partial charge in [0.05, 0.1) is 10.6 Å². The molecular weight excluding hydrogens is 324 g/mol. The summed E-state index contributed by atoms with van der Waals surface area (Å²) >= 11 is 0. The molecular formula is C17H20N4O2S.